The van der Waals surface area contributed by atoms with E-state index in [9.17, 15) is 4.79 Å². The number of alkyl halides is 1. The molecule has 0 aromatic rings. The average molecular weight is 497 g/mol. The lowest BCUT2D eigenvalue weighted by atomic mass is 9.72. The van der Waals surface area contributed by atoms with E-state index in [-0.39, 0.29) is 35.8 Å². The van der Waals surface area contributed by atoms with Gasteiger partial charge >= 0.3 is 0 Å². The van der Waals surface area contributed by atoms with Crippen molar-refractivity contribution in [3.63, 3.8) is 0 Å². The Morgan fingerprint density at radius 3 is 2.74 bits per heavy atom. The number of hydrazine groups is 1. The van der Waals surface area contributed by atoms with E-state index in [4.69, 9.17) is 27.1 Å². The normalized spacial score (nSPS) is 38.5. The van der Waals surface area contributed by atoms with Crippen LogP contribution in [0.15, 0.2) is 4.99 Å². The zero-order valence-corrected chi connectivity index (χ0v) is 21.7. The summed E-state index contributed by atoms with van der Waals surface area (Å²) in [5, 5.41) is 3.27. The Kier molecular flexibility index (Phi) is 9.64. The molecule has 0 aromatic heterocycles. The number of hydrogen-bond donors (Lipinski definition) is 4. The SMILES string of the molecule is CCNC(=O)C[C@@H]1N=C(C2CCC(Cl)CC2)C2CC(OCCCCN)CCC2N2C(C)NNC12. The fourth-order valence-electron chi connectivity index (χ4n) is 6.55. The van der Waals surface area contributed by atoms with Crippen LogP contribution >= 0.6 is 11.6 Å². The maximum atomic E-state index is 12.7. The van der Waals surface area contributed by atoms with Crippen LogP contribution in [-0.2, 0) is 9.53 Å². The van der Waals surface area contributed by atoms with E-state index in [2.05, 4.69) is 28.0 Å². The second-order valence-electron chi connectivity index (χ2n) is 10.6. The van der Waals surface area contributed by atoms with E-state index in [0.29, 0.717) is 30.8 Å². The molecule has 5 unspecified atom stereocenters. The summed E-state index contributed by atoms with van der Waals surface area (Å²) in [5.74, 6) is 0.891. The molecule has 3 fully saturated rings. The third-order valence-corrected chi connectivity index (χ3v) is 8.65. The van der Waals surface area contributed by atoms with Gasteiger partial charge in [-0.2, -0.15) is 0 Å². The van der Waals surface area contributed by atoms with Crippen molar-refractivity contribution in [1.29, 1.82) is 0 Å². The molecule has 2 aliphatic heterocycles. The van der Waals surface area contributed by atoms with Crippen molar-refractivity contribution in [2.75, 3.05) is 19.7 Å². The van der Waals surface area contributed by atoms with Gasteiger partial charge in [0, 0.05) is 36.2 Å². The third-order valence-electron chi connectivity index (χ3n) is 8.21. The van der Waals surface area contributed by atoms with E-state index in [0.717, 1.165) is 70.9 Å². The Bertz CT molecular complexity index is 701. The molecule has 6 atom stereocenters. The van der Waals surface area contributed by atoms with Gasteiger partial charge in [-0.05, 0) is 84.1 Å². The number of hydrogen-bond acceptors (Lipinski definition) is 7. The van der Waals surface area contributed by atoms with Gasteiger partial charge < -0.3 is 15.8 Å². The summed E-state index contributed by atoms with van der Waals surface area (Å²) in [4.78, 5) is 20.7. The van der Waals surface area contributed by atoms with E-state index >= 15 is 0 Å². The van der Waals surface area contributed by atoms with Crippen LogP contribution in [0.1, 0.15) is 78.1 Å². The van der Waals surface area contributed by atoms with Gasteiger partial charge in [-0.3, -0.25) is 14.7 Å². The van der Waals surface area contributed by atoms with Crippen molar-refractivity contribution < 1.29 is 9.53 Å². The number of ether oxygens (including phenoxy) is 1. The number of unbranched alkanes of at least 4 members (excludes halogenated alkanes) is 1. The van der Waals surface area contributed by atoms with Crippen molar-refractivity contribution in [2.24, 2.45) is 22.6 Å². The Balaban J connectivity index is 1.60. The molecule has 5 N–H and O–H groups in total. The first-order chi connectivity index (χ1) is 16.5. The molecule has 0 radical (unpaired) electrons. The summed E-state index contributed by atoms with van der Waals surface area (Å²) in [5.41, 5.74) is 13.9. The van der Waals surface area contributed by atoms with Gasteiger partial charge in [0.25, 0.3) is 0 Å². The standard InChI is InChI=1S/C25H45ClN6O2/c1-3-28-23(33)15-21-25-31-30-16(2)32(25)22-11-10-19(34-13-5-4-12-27)14-20(22)24(29-21)17-6-8-18(26)9-7-17/h16-22,25,30-31H,3-15,27H2,1-2H3,(H,28,33)/t16?,17?,18?,19?,20?,21-,22?,25?/m0/s1. The summed E-state index contributed by atoms with van der Waals surface area (Å²) in [7, 11) is 0. The smallest absolute Gasteiger partial charge is 0.222 e. The van der Waals surface area contributed by atoms with E-state index < -0.39 is 0 Å². The Morgan fingerprint density at radius 1 is 1.21 bits per heavy atom. The van der Waals surface area contributed by atoms with Gasteiger partial charge in [-0.1, -0.05) is 0 Å². The number of nitrogens with two attached hydrogens (primary N) is 1. The maximum absolute atomic E-state index is 12.7. The summed E-state index contributed by atoms with van der Waals surface area (Å²) >= 11 is 6.48. The number of carbonyl (C=O) groups is 1. The van der Waals surface area contributed by atoms with E-state index in [1.807, 2.05) is 6.92 Å². The van der Waals surface area contributed by atoms with Gasteiger partial charge in [-0.25, -0.2) is 10.9 Å². The zero-order chi connectivity index (χ0) is 24.1. The predicted octanol–water partition coefficient (Wildman–Crippen LogP) is 2.51. The van der Waals surface area contributed by atoms with Gasteiger partial charge in [0.15, 0.2) is 0 Å². The first kappa shape index (κ1) is 26.3. The lowest BCUT2D eigenvalue weighted by molar-refractivity contribution is -0.121. The number of carbonyl (C=O) groups excluding carboxylic acids is 1. The minimum absolute atomic E-state index is 0.0222. The summed E-state index contributed by atoms with van der Waals surface area (Å²) in [6.07, 6.45) is 10.4. The van der Waals surface area contributed by atoms with E-state index in [1.54, 1.807) is 0 Å². The van der Waals surface area contributed by atoms with Crippen LogP contribution in [0, 0.1) is 11.8 Å². The molecule has 4 rings (SSSR count). The molecule has 1 amide bonds. The highest BCUT2D eigenvalue weighted by Gasteiger charge is 2.50. The number of amides is 1. The van der Waals surface area contributed by atoms with E-state index in [1.165, 1.54) is 5.71 Å². The van der Waals surface area contributed by atoms with Crippen molar-refractivity contribution in [2.45, 2.75) is 114 Å². The monoisotopic (exact) mass is 496 g/mol. The Hall–Kier alpha value is -0.770. The lowest BCUT2D eigenvalue weighted by Gasteiger charge is -2.44. The largest absolute Gasteiger partial charge is 0.378 e. The van der Waals surface area contributed by atoms with Gasteiger partial charge in [0.05, 0.1) is 30.9 Å². The molecule has 0 aromatic carbocycles. The molecule has 2 aliphatic carbocycles. The number of fused-ring (bicyclic) bond motifs is 3. The minimum Gasteiger partial charge on any atom is -0.378 e. The Morgan fingerprint density at radius 2 is 2.00 bits per heavy atom. The molecule has 0 bridgehead atoms. The molecule has 9 heteroatoms. The van der Waals surface area contributed by atoms with Crippen molar-refractivity contribution in [3.05, 3.63) is 0 Å². The highest BCUT2D eigenvalue weighted by atomic mass is 35.5. The van der Waals surface area contributed by atoms with Crippen LogP contribution in [-0.4, -0.2) is 72.1 Å². The molecule has 34 heavy (non-hydrogen) atoms. The maximum Gasteiger partial charge on any atom is 0.222 e. The van der Waals surface area contributed by atoms with Crippen LogP contribution in [0.3, 0.4) is 0 Å². The second-order valence-corrected chi connectivity index (χ2v) is 11.2. The van der Waals surface area contributed by atoms with Crippen LogP contribution in [0.2, 0.25) is 0 Å². The second kappa shape index (κ2) is 12.5. The molecule has 1 saturated heterocycles. The zero-order valence-electron chi connectivity index (χ0n) is 21.0. The first-order valence-electron chi connectivity index (χ1n) is 13.6. The molecule has 4 aliphatic rings. The van der Waals surface area contributed by atoms with Crippen molar-refractivity contribution >= 4 is 23.2 Å². The Labute approximate surface area is 210 Å². The number of halogens is 1. The summed E-state index contributed by atoms with van der Waals surface area (Å²) in [6.45, 7) is 6.34. The summed E-state index contributed by atoms with van der Waals surface area (Å²) < 4.78 is 6.34. The molecular formula is C25H45ClN6O2. The molecule has 2 heterocycles. The van der Waals surface area contributed by atoms with Crippen molar-refractivity contribution in [1.82, 2.24) is 21.1 Å². The van der Waals surface area contributed by atoms with Crippen LogP contribution in [0.4, 0.5) is 0 Å². The lowest BCUT2D eigenvalue weighted by Crippen LogP contribution is -2.55. The van der Waals surface area contributed by atoms with Crippen LogP contribution in [0.25, 0.3) is 0 Å². The van der Waals surface area contributed by atoms with Crippen molar-refractivity contribution in [3.8, 4) is 0 Å². The van der Waals surface area contributed by atoms with Gasteiger partial charge in [0.1, 0.15) is 0 Å². The highest BCUT2D eigenvalue weighted by Crippen LogP contribution is 2.42. The fraction of sp³-hybridized carbons (Fsp3) is 0.920. The number of aliphatic imine (C=N–C) groups is 1. The topological polar surface area (TPSA) is 104 Å². The molecule has 2 saturated carbocycles. The highest BCUT2D eigenvalue weighted by molar-refractivity contribution is 6.20. The average Bonchev–Trinajstić information content (AvgIpc) is 3.15. The third kappa shape index (κ3) is 6.13. The van der Waals surface area contributed by atoms with Gasteiger partial charge in [0.2, 0.25) is 5.91 Å². The van der Waals surface area contributed by atoms with Gasteiger partial charge in [-0.15, -0.1) is 11.6 Å². The number of rotatable bonds is 9. The molecule has 8 nitrogen and oxygen atoms in total. The molecular weight excluding hydrogens is 452 g/mol. The number of nitrogens with one attached hydrogen (secondary N) is 3. The molecule has 0 spiro atoms. The first-order valence-corrected chi connectivity index (χ1v) is 14.0. The predicted molar refractivity (Wildman–Crippen MR) is 137 cm³/mol. The summed E-state index contributed by atoms with van der Waals surface area (Å²) in [6, 6.07) is 0.292. The fourth-order valence-corrected chi connectivity index (χ4v) is 6.81. The van der Waals surface area contributed by atoms with Crippen LogP contribution < -0.4 is 21.9 Å². The van der Waals surface area contributed by atoms with Crippen LogP contribution in [0.5, 0.6) is 0 Å². The number of nitrogens with zero attached hydrogens (tertiary/aromatic N) is 2. The molecule has 194 valence electrons. The quantitative estimate of drug-likeness (QED) is 0.289. The minimum atomic E-state index is -0.109.